The van der Waals surface area contributed by atoms with Crippen LogP contribution in [0.2, 0.25) is 0 Å². The Kier molecular flexibility index (Phi) is 48.4. The zero-order valence-corrected chi connectivity index (χ0v) is 40.9. The first kappa shape index (κ1) is 59.1. The van der Waals surface area contributed by atoms with Gasteiger partial charge < -0.3 is 14.2 Å². The van der Waals surface area contributed by atoms with Crippen molar-refractivity contribution in [2.75, 3.05) is 13.2 Å². The SMILES string of the molecule is CC/C=C\C/C=C\C/C=C\C/C=C\C/C=C\CC(=O)OC(COC(=O)CCCCCCCCCCCCCC)COC(=O)CCCCCCCCCCCCCCCCCCC. The lowest BCUT2D eigenvalue weighted by molar-refractivity contribution is -0.166. The minimum absolute atomic E-state index is 0.101. The van der Waals surface area contributed by atoms with Crippen LogP contribution in [-0.2, 0) is 28.6 Å². The van der Waals surface area contributed by atoms with E-state index in [1.165, 1.54) is 148 Å². The summed E-state index contributed by atoms with van der Waals surface area (Å²) in [5.74, 6) is -1.03. The van der Waals surface area contributed by atoms with Crippen molar-refractivity contribution in [3.05, 3.63) is 60.8 Å². The lowest BCUT2D eigenvalue weighted by Crippen LogP contribution is -2.30. The number of rotatable bonds is 47. The van der Waals surface area contributed by atoms with Crippen molar-refractivity contribution in [2.24, 2.45) is 0 Å². The summed E-state index contributed by atoms with van der Waals surface area (Å²) in [5.41, 5.74) is 0. The van der Waals surface area contributed by atoms with E-state index in [2.05, 4.69) is 69.4 Å². The molecule has 0 rings (SSSR count). The molecule has 0 radical (unpaired) electrons. The van der Waals surface area contributed by atoms with E-state index >= 15 is 0 Å². The number of carbonyl (C=O) groups is 3. The predicted molar refractivity (Wildman–Crippen MR) is 265 cm³/mol. The third-order valence-corrected chi connectivity index (χ3v) is 11.3. The molecule has 0 aliphatic heterocycles. The molecule has 0 aliphatic carbocycles. The molecule has 0 saturated heterocycles. The summed E-state index contributed by atoms with van der Waals surface area (Å²) in [6.45, 7) is 6.46. The van der Waals surface area contributed by atoms with E-state index in [1.807, 2.05) is 6.08 Å². The van der Waals surface area contributed by atoms with Gasteiger partial charge in [0.2, 0.25) is 0 Å². The minimum atomic E-state index is -0.823. The fourth-order valence-corrected chi connectivity index (χ4v) is 7.40. The molecule has 0 N–H and O–H groups in total. The number of carbonyl (C=O) groups excluding carboxylic acids is 3. The van der Waals surface area contributed by atoms with Crippen LogP contribution in [-0.4, -0.2) is 37.2 Å². The zero-order valence-electron chi connectivity index (χ0n) is 40.9. The van der Waals surface area contributed by atoms with Crippen LogP contribution in [0.3, 0.4) is 0 Å². The molecule has 6 nitrogen and oxygen atoms in total. The van der Waals surface area contributed by atoms with Crippen LogP contribution in [0.4, 0.5) is 0 Å². The quantitative estimate of drug-likeness (QED) is 0.0262. The number of hydrogen-bond acceptors (Lipinski definition) is 6. The Morgan fingerprint density at radius 1 is 0.339 bits per heavy atom. The third kappa shape index (κ3) is 48.1. The summed E-state index contributed by atoms with van der Waals surface area (Å²) in [4.78, 5) is 37.9. The van der Waals surface area contributed by atoms with Crippen LogP contribution >= 0.6 is 0 Å². The Hall–Kier alpha value is -2.89. The molecule has 0 aromatic heterocycles. The van der Waals surface area contributed by atoms with Gasteiger partial charge in [-0.15, -0.1) is 0 Å². The summed E-state index contributed by atoms with van der Waals surface area (Å²) >= 11 is 0. The summed E-state index contributed by atoms with van der Waals surface area (Å²) in [5, 5.41) is 0. The molecule has 0 aliphatic rings. The van der Waals surface area contributed by atoms with Gasteiger partial charge in [0.1, 0.15) is 13.2 Å². The van der Waals surface area contributed by atoms with Crippen LogP contribution in [0.15, 0.2) is 60.8 Å². The van der Waals surface area contributed by atoms with E-state index in [-0.39, 0.29) is 31.6 Å². The van der Waals surface area contributed by atoms with Crippen LogP contribution in [0.5, 0.6) is 0 Å². The summed E-state index contributed by atoms with van der Waals surface area (Å²) in [7, 11) is 0. The highest BCUT2D eigenvalue weighted by Gasteiger charge is 2.19. The molecule has 62 heavy (non-hydrogen) atoms. The lowest BCUT2D eigenvalue weighted by atomic mass is 10.0. The maximum absolute atomic E-state index is 12.7. The second-order valence-electron chi connectivity index (χ2n) is 17.4. The van der Waals surface area contributed by atoms with Crippen molar-refractivity contribution in [1.29, 1.82) is 0 Å². The van der Waals surface area contributed by atoms with E-state index in [0.717, 1.165) is 70.6 Å². The molecule has 1 unspecified atom stereocenters. The molecule has 0 aromatic carbocycles. The molecule has 0 fully saturated rings. The fourth-order valence-electron chi connectivity index (χ4n) is 7.40. The molecule has 0 bridgehead atoms. The van der Waals surface area contributed by atoms with Crippen LogP contribution in [0.1, 0.15) is 258 Å². The Balaban J connectivity index is 4.45. The molecular formula is C56H98O6. The van der Waals surface area contributed by atoms with Crippen LogP contribution < -0.4 is 0 Å². The van der Waals surface area contributed by atoms with Crippen molar-refractivity contribution in [1.82, 2.24) is 0 Å². The minimum Gasteiger partial charge on any atom is -0.462 e. The second-order valence-corrected chi connectivity index (χ2v) is 17.4. The van der Waals surface area contributed by atoms with Crippen molar-refractivity contribution >= 4 is 17.9 Å². The maximum Gasteiger partial charge on any atom is 0.310 e. The Bertz CT molecular complexity index is 1130. The first-order valence-electron chi connectivity index (χ1n) is 26.3. The van der Waals surface area contributed by atoms with Crippen molar-refractivity contribution in [2.45, 2.75) is 264 Å². The zero-order chi connectivity index (χ0) is 45.1. The van der Waals surface area contributed by atoms with Crippen LogP contribution in [0.25, 0.3) is 0 Å². The molecule has 0 saturated carbocycles. The van der Waals surface area contributed by atoms with Gasteiger partial charge in [0.05, 0.1) is 6.42 Å². The van der Waals surface area contributed by atoms with Crippen molar-refractivity contribution in [3.8, 4) is 0 Å². The maximum atomic E-state index is 12.7. The second kappa shape index (κ2) is 50.8. The number of hydrogen-bond donors (Lipinski definition) is 0. The fraction of sp³-hybridized carbons (Fsp3) is 0.768. The Morgan fingerprint density at radius 2 is 0.613 bits per heavy atom. The van der Waals surface area contributed by atoms with E-state index in [1.54, 1.807) is 6.08 Å². The molecule has 0 amide bonds. The largest absolute Gasteiger partial charge is 0.462 e. The van der Waals surface area contributed by atoms with E-state index < -0.39 is 12.1 Å². The van der Waals surface area contributed by atoms with Gasteiger partial charge in [-0.2, -0.15) is 0 Å². The van der Waals surface area contributed by atoms with Gasteiger partial charge in [-0.3, -0.25) is 14.4 Å². The third-order valence-electron chi connectivity index (χ3n) is 11.3. The average Bonchev–Trinajstić information content (AvgIpc) is 3.27. The van der Waals surface area contributed by atoms with Gasteiger partial charge in [-0.05, 0) is 44.9 Å². The Morgan fingerprint density at radius 3 is 0.919 bits per heavy atom. The molecule has 0 aromatic rings. The first-order valence-corrected chi connectivity index (χ1v) is 26.3. The smallest absolute Gasteiger partial charge is 0.310 e. The standard InChI is InChI=1S/C56H98O6/c1-4-7-10-13-16-19-22-25-27-28-30-31-34-37-40-43-46-49-55(58)61-52-53(51-60-54(57)48-45-42-39-36-33-24-21-18-15-12-9-6-3)62-56(59)50-47-44-41-38-35-32-29-26-23-20-17-14-11-8-5-2/h8,11,17,20,26,29,35,38,44,47,53H,4-7,9-10,12-16,18-19,21-25,27-28,30-34,36-37,39-43,45-46,48-52H2,1-3H3/b11-8-,20-17-,29-26-,38-35-,47-44-. The van der Waals surface area contributed by atoms with E-state index in [0.29, 0.717) is 12.8 Å². The number of unbranched alkanes of at least 4 members (excludes halogenated alkanes) is 27. The van der Waals surface area contributed by atoms with Gasteiger partial charge in [-0.1, -0.05) is 255 Å². The van der Waals surface area contributed by atoms with E-state index in [4.69, 9.17) is 14.2 Å². The van der Waals surface area contributed by atoms with Gasteiger partial charge in [-0.25, -0.2) is 0 Å². The highest BCUT2D eigenvalue weighted by molar-refractivity contribution is 5.72. The normalized spacial score (nSPS) is 12.5. The lowest BCUT2D eigenvalue weighted by Gasteiger charge is -2.18. The summed E-state index contributed by atoms with van der Waals surface area (Å²) < 4.78 is 16.7. The van der Waals surface area contributed by atoms with E-state index in [9.17, 15) is 14.4 Å². The van der Waals surface area contributed by atoms with Gasteiger partial charge in [0.25, 0.3) is 0 Å². The predicted octanol–water partition coefficient (Wildman–Crippen LogP) is 17.3. The van der Waals surface area contributed by atoms with Crippen LogP contribution in [0, 0.1) is 0 Å². The number of allylic oxidation sites excluding steroid dienone is 9. The first-order chi connectivity index (χ1) is 30.5. The van der Waals surface area contributed by atoms with Gasteiger partial charge in [0.15, 0.2) is 6.10 Å². The molecular weight excluding hydrogens is 769 g/mol. The molecule has 0 spiro atoms. The summed E-state index contributed by atoms with van der Waals surface area (Å²) in [6, 6.07) is 0. The molecule has 6 heteroatoms. The van der Waals surface area contributed by atoms with Crippen molar-refractivity contribution < 1.29 is 28.6 Å². The van der Waals surface area contributed by atoms with Gasteiger partial charge in [0, 0.05) is 12.8 Å². The highest BCUT2D eigenvalue weighted by Crippen LogP contribution is 2.16. The molecule has 0 heterocycles. The Labute approximate surface area is 383 Å². The molecule has 358 valence electrons. The monoisotopic (exact) mass is 867 g/mol. The summed E-state index contributed by atoms with van der Waals surface area (Å²) in [6.07, 6.45) is 62.3. The van der Waals surface area contributed by atoms with Crippen molar-refractivity contribution in [3.63, 3.8) is 0 Å². The van der Waals surface area contributed by atoms with Gasteiger partial charge >= 0.3 is 17.9 Å². The highest BCUT2D eigenvalue weighted by atomic mass is 16.6. The number of esters is 3. The molecule has 1 atom stereocenters. The topological polar surface area (TPSA) is 78.9 Å². The average molecular weight is 867 g/mol. The number of ether oxygens (including phenoxy) is 3.